The van der Waals surface area contributed by atoms with Crippen molar-refractivity contribution in [3.05, 3.63) is 76.1 Å². The van der Waals surface area contributed by atoms with Crippen molar-refractivity contribution in [1.82, 2.24) is 24.4 Å². The van der Waals surface area contributed by atoms with Crippen molar-refractivity contribution < 1.29 is 26.7 Å². The highest BCUT2D eigenvalue weighted by molar-refractivity contribution is 6.31. The first kappa shape index (κ1) is 21.7. The first-order valence-electron chi connectivity index (χ1n) is 8.97. The van der Waals surface area contributed by atoms with E-state index in [1.165, 1.54) is 35.1 Å². The average Bonchev–Trinajstić information content (AvgIpc) is 3.36. The minimum absolute atomic E-state index is 0.00614. The van der Waals surface area contributed by atoms with Crippen molar-refractivity contribution in [2.75, 3.05) is 5.32 Å². The molecule has 0 bridgehead atoms. The molecule has 0 aliphatic heterocycles. The summed E-state index contributed by atoms with van der Waals surface area (Å²) in [5, 5.41) is 10.4. The molecule has 0 spiro atoms. The molecule has 4 rings (SSSR count). The van der Waals surface area contributed by atoms with E-state index in [4.69, 9.17) is 11.6 Å². The molecule has 7 nitrogen and oxygen atoms in total. The second-order valence-corrected chi connectivity index (χ2v) is 6.97. The van der Waals surface area contributed by atoms with Crippen LogP contribution >= 0.6 is 11.6 Å². The lowest BCUT2D eigenvalue weighted by molar-refractivity contribution is 0.102. The number of hydrogen-bond acceptors (Lipinski definition) is 4. The summed E-state index contributed by atoms with van der Waals surface area (Å²) in [4.78, 5) is 16.0. The third-order valence-corrected chi connectivity index (χ3v) is 4.77. The van der Waals surface area contributed by atoms with Gasteiger partial charge in [-0.05, 0) is 18.2 Å². The number of nitrogens with zero attached hydrogens (tertiary/aromatic N) is 5. The lowest BCUT2D eigenvalue weighted by Crippen LogP contribution is -2.14. The second-order valence-electron chi connectivity index (χ2n) is 6.56. The summed E-state index contributed by atoms with van der Waals surface area (Å²) in [6.07, 6.45) is -4.72. The molecule has 0 fully saturated rings. The van der Waals surface area contributed by atoms with Gasteiger partial charge in [0.1, 0.15) is 17.2 Å². The lowest BCUT2D eigenvalue weighted by atomic mass is 10.2. The van der Waals surface area contributed by atoms with Gasteiger partial charge in [-0.25, -0.2) is 31.5 Å². The minimum atomic E-state index is -3.12. The number of anilines is 1. The van der Waals surface area contributed by atoms with Crippen LogP contribution in [0.25, 0.3) is 5.65 Å². The Labute approximate surface area is 181 Å². The Morgan fingerprint density at radius 3 is 2.56 bits per heavy atom. The summed E-state index contributed by atoms with van der Waals surface area (Å²) in [7, 11) is 0. The molecule has 1 aromatic carbocycles. The molecule has 1 N–H and O–H groups in total. The Kier molecular flexibility index (Phi) is 5.78. The van der Waals surface area contributed by atoms with Gasteiger partial charge < -0.3 is 5.32 Å². The largest absolute Gasteiger partial charge is 0.304 e. The van der Waals surface area contributed by atoms with E-state index < -0.39 is 36.0 Å². The highest BCUT2D eigenvalue weighted by Crippen LogP contribution is 2.25. The Bertz CT molecular complexity index is 1280. The molecule has 0 saturated heterocycles. The van der Waals surface area contributed by atoms with Crippen LogP contribution in [0.5, 0.6) is 0 Å². The van der Waals surface area contributed by atoms with Crippen LogP contribution in [0.15, 0.2) is 42.6 Å². The Morgan fingerprint density at radius 1 is 1.09 bits per heavy atom. The van der Waals surface area contributed by atoms with Crippen LogP contribution < -0.4 is 5.32 Å². The van der Waals surface area contributed by atoms with Crippen molar-refractivity contribution >= 4 is 29.0 Å². The molecule has 0 saturated carbocycles. The molecule has 3 heterocycles. The highest BCUT2D eigenvalue weighted by atomic mass is 35.5. The summed E-state index contributed by atoms with van der Waals surface area (Å²) in [5.41, 5.74) is -2.14. The number of rotatable bonds is 6. The number of nitrogens with one attached hydrogen (secondary N) is 1. The normalized spacial score (nSPS) is 11.6. The van der Waals surface area contributed by atoms with Crippen LogP contribution in [-0.4, -0.2) is 30.3 Å². The van der Waals surface area contributed by atoms with Gasteiger partial charge in [-0.15, -0.1) is 0 Å². The molecule has 13 heteroatoms. The molecule has 0 radical (unpaired) electrons. The lowest BCUT2D eigenvalue weighted by Gasteiger charge is -2.06. The number of fused-ring (bicyclic) bond motifs is 1. The summed E-state index contributed by atoms with van der Waals surface area (Å²) in [6.45, 7) is -0.00614. The number of amides is 1. The van der Waals surface area contributed by atoms with Gasteiger partial charge in [0.25, 0.3) is 18.8 Å². The van der Waals surface area contributed by atoms with Crippen molar-refractivity contribution in [2.45, 2.75) is 19.4 Å². The van der Waals surface area contributed by atoms with E-state index in [1.807, 2.05) is 0 Å². The summed E-state index contributed by atoms with van der Waals surface area (Å²) >= 11 is 5.99. The molecule has 0 aliphatic carbocycles. The van der Waals surface area contributed by atoms with Gasteiger partial charge in [0.05, 0.1) is 6.54 Å². The van der Waals surface area contributed by atoms with Gasteiger partial charge in [0.2, 0.25) is 0 Å². The third-order valence-electron chi connectivity index (χ3n) is 4.42. The van der Waals surface area contributed by atoms with Crippen molar-refractivity contribution in [2.24, 2.45) is 0 Å². The minimum Gasteiger partial charge on any atom is -0.304 e. The van der Waals surface area contributed by atoms with E-state index in [0.29, 0.717) is 10.6 Å². The first-order chi connectivity index (χ1) is 15.2. The quantitative estimate of drug-likeness (QED) is 0.407. The molecule has 0 atom stereocenters. The Morgan fingerprint density at radius 2 is 1.88 bits per heavy atom. The van der Waals surface area contributed by atoms with Crippen LogP contribution in [0.2, 0.25) is 5.02 Å². The molecule has 4 aromatic rings. The number of carbonyl (C=O) groups is 1. The summed E-state index contributed by atoms with van der Waals surface area (Å²) in [5.74, 6) is -1.29. The molecule has 32 heavy (non-hydrogen) atoms. The fraction of sp³-hybridized carbons (Fsp3) is 0.158. The molecule has 1 amide bonds. The summed E-state index contributed by atoms with van der Waals surface area (Å²) in [6, 6.07) is 7.19. The zero-order valence-corrected chi connectivity index (χ0v) is 16.6. The zero-order valence-electron chi connectivity index (χ0n) is 15.8. The predicted octanol–water partition coefficient (Wildman–Crippen LogP) is 4.89. The van der Waals surface area contributed by atoms with E-state index in [0.717, 1.165) is 6.07 Å². The molecule has 166 valence electrons. The van der Waals surface area contributed by atoms with Crippen LogP contribution in [0.3, 0.4) is 0 Å². The number of carbonyl (C=O) groups excluding carboxylic acids is 1. The van der Waals surface area contributed by atoms with Gasteiger partial charge in [-0.3, -0.25) is 9.48 Å². The molecule has 0 aliphatic rings. The maximum absolute atomic E-state index is 13.9. The smallest absolute Gasteiger partial charge is 0.280 e. The van der Waals surface area contributed by atoms with Crippen LogP contribution in [0.4, 0.5) is 27.8 Å². The van der Waals surface area contributed by atoms with Gasteiger partial charge in [0.15, 0.2) is 17.2 Å². The van der Waals surface area contributed by atoms with Crippen molar-refractivity contribution in [3.8, 4) is 0 Å². The molecular weight excluding hydrogens is 459 g/mol. The average molecular weight is 471 g/mol. The standard InChI is InChI=1S/C19H12ClF5N6O/c20-10-2-1-3-11(21)9(10)8-30-5-4-15(29-30)27-19(32)13-7-16-26-12(17(22)23)6-14(18(24)25)31(16)28-13/h1-7,17-18H,8H2,(H,27,29,32). The zero-order chi connectivity index (χ0) is 23.0. The monoisotopic (exact) mass is 470 g/mol. The van der Waals surface area contributed by atoms with Gasteiger partial charge in [-0.2, -0.15) is 10.2 Å². The fourth-order valence-corrected chi connectivity index (χ4v) is 3.16. The third kappa shape index (κ3) is 4.26. The number of hydrogen-bond donors (Lipinski definition) is 1. The summed E-state index contributed by atoms with van der Waals surface area (Å²) < 4.78 is 68.3. The molecule has 0 unspecified atom stereocenters. The van der Waals surface area contributed by atoms with Crippen LogP contribution in [0, 0.1) is 5.82 Å². The van der Waals surface area contributed by atoms with Gasteiger partial charge in [-0.1, -0.05) is 17.7 Å². The van der Waals surface area contributed by atoms with E-state index in [2.05, 4.69) is 20.5 Å². The van der Waals surface area contributed by atoms with Crippen molar-refractivity contribution in [3.63, 3.8) is 0 Å². The van der Waals surface area contributed by atoms with E-state index in [9.17, 15) is 26.7 Å². The van der Waals surface area contributed by atoms with E-state index in [-0.39, 0.29) is 34.3 Å². The highest BCUT2D eigenvalue weighted by Gasteiger charge is 2.22. The Balaban J connectivity index is 1.56. The maximum Gasteiger partial charge on any atom is 0.280 e. The fourth-order valence-electron chi connectivity index (χ4n) is 2.94. The van der Waals surface area contributed by atoms with E-state index >= 15 is 0 Å². The van der Waals surface area contributed by atoms with E-state index in [1.54, 1.807) is 0 Å². The van der Waals surface area contributed by atoms with Crippen molar-refractivity contribution in [1.29, 1.82) is 0 Å². The molecular formula is C19H12ClF5N6O. The maximum atomic E-state index is 13.9. The Hall–Kier alpha value is -3.54. The first-order valence-corrected chi connectivity index (χ1v) is 9.35. The van der Waals surface area contributed by atoms with Crippen LogP contribution in [0.1, 0.15) is 40.3 Å². The topological polar surface area (TPSA) is 77.1 Å². The SMILES string of the molecule is O=C(Nc1ccn(Cc2c(F)cccc2Cl)n1)c1cc2nc(C(F)F)cc(C(F)F)n2n1. The number of benzene rings is 1. The van der Waals surface area contributed by atoms with Gasteiger partial charge in [0, 0.05) is 28.9 Å². The number of halogens is 6. The number of aromatic nitrogens is 5. The van der Waals surface area contributed by atoms with Gasteiger partial charge >= 0.3 is 0 Å². The number of alkyl halides is 4. The second kappa shape index (κ2) is 8.54. The van der Waals surface area contributed by atoms with Crippen LogP contribution in [-0.2, 0) is 6.54 Å². The molecule has 3 aromatic heterocycles. The predicted molar refractivity (Wildman–Crippen MR) is 104 cm³/mol.